The van der Waals surface area contributed by atoms with Crippen LogP contribution in [-0.4, -0.2) is 20.6 Å². The maximum absolute atomic E-state index is 8.58. The highest BCUT2D eigenvalue weighted by Gasteiger charge is 2.09. The third kappa shape index (κ3) is 3.72. The van der Waals surface area contributed by atoms with E-state index >= 15 is 0 Å². The summed E-state index contributed by atoms with van der Waals surface area (Å²) in [5, 5.41) is 11.8. The van der Waals surface area contributed by atoms with Crippen LogP contribution >= 0.6 is 15.9 Å². The SMILES string of the molecule is CNC(C)c1ccc(N(C)CCC#N)c(Br)c1. The van der Waals surface area contributed by atoms with Gasteiger partial charge in [0, 0.05) is 24.1 Å². The maximum atomic E-state index is 8.58. The van der Waals surface area contributed by atoms with Gasteiger partial charge in [-0.1, -0.05) is 6.07 Å². The third-order valence-corrected chi connectivity index (χ3v) is 3.51. The van der Waals surface area contributed by atoms with E-state index in [1.54, 1.807) is 0 Å². The van der Waals surface area contributed by atoms with Gasteiger partial charge in [0.15, 0.2) is 0 Å². The molecule has 3 nitrogen and oxygen atoms in total. The van der Waals surface area contributed by atoms with Gasteiger partial charge in [0.25, 0.3) is 0 Å². The van der Waals surface area contributed by atoms with Crippen LogP contribution in [0.15, 0.2) is 22.7 Å². The third-order valence-electron chi connectivity index (χ3n) is 2.88. The van der Waals surface area contributed by atoms with E-state index in [4.69, 9.17) is 5.26 Å². The Hall–Kier alpha value is -1.05. The zero-order valence-corrected chi connectivity index (χ0v) is 12.1. The van der Waals surface area contributed by atoms with Crippen molar-refractivity contribution in [3.05, 3.63) is 28.2 Å². The molecule has 0 radical (unpaired) electrons. The Morgan fingerprint density at radius 1 is 1.53 bits per heavy atom. The van der Waals surface area contributed by atoms with Crippen LogP contribution in [0.25, 0.3) is 0 Å². The molecule has 1 N–H and O–H groups in total. The number of halogens is 1. The second-order valence-corrected chi connectivity index (χ2v) is 4.91. The lowest BCUT2D eigenvalue weighted by Gasteiger charge is -2.21. The van der Waals surface area contributed by atoms with Crippen LogP contribution in [0.4, 0.5) is 5.69 Å². The zero-order valence-electron chi connectivity index (χ0n) is 10.5. The van der Waals surface area contributed by atoms with Crippen molar-refractivity contribution in [3.8, 4) is 6.07 Å². The van der Waals surface area contributed by atoms with E-state index < -0.39 is 0 Å². The first-order chi connectivity index (χ1) is 8.10. The zero-order chi connectivity index (χ0) is 12.8. The average Bonchev–Trinajstić information content (AvgIpc) is 2.34. The number of anilines is 1. The fourth-order valence-corrected chi connectivity index (χ4v) is 2.31. The minimum atomic E-state index is 0.338. The van der Waals surface area contributed by atoms with Crippen LogP contribution in [0.3, 0.4) is 0 Å². The van der Waals surface area contributed by atoms with E-state index in [1.165, 1.54) is 5.56 Å². The van der Waals surface area contributed by atoms with Crippen LogP contribution in [0, 0.1) is 11.3 Å². The minimum absolute atomic E-state index is 0.338. The van der Waals surface area contributed by atoms with Crippen molar-refractivity contribution >= 4 is 21.6 Å². The second kappa shape index (κ2) is 6.63. The first-order valence-electron chi connectivity index (χ1n) is 5.65. The van der Waals surface area contributed by atoms with Gasteiger partial charge in [-0.15, -0.1) is 0 Å². The molecule has 1 rings (SSSR count). The van der Waals surface area contributed by atoms with Crippen molar-refractivity contribution < 1.29 is 0 Å². The van der Waals surface area contributed by atoms with Gasteiger partial charge < -0.3 is 10.2 Å². The largest absolute Gasteiger partial charge is 0.373 e. The number of hydrogen-bond donors (Lipinski definition) is 1. The predicted molar refractivity (Wildman–Crippen MR) is 75.1 cm³/mol. The summed E-state index contributed by atoms with van der Waals surface area (Å²) in [5.41, 5.74) is 2.36. The Bertz CT molecular complexity index is 412. The lowest BCUT2D eigenvalue weighted by molar-refractivity contribution is 0.652. The average molecular weight is 296 g/mol. The molecule has 0 spiro atoms. The maximum Gasteiger partial charge on any atom is 0.0640 e. The summed E-state index contributed by atoms with van der Waals surface area (Å²) in [4.78, 5) is 2.08. The molecule has 92 valence electrons. The van der Waals surface area contributed by atoms with Crippen LogP contribution in [0.1, 0.15) is 24.9 Å². The number of nitrogens with one attached hydrogen (secondary N) is 1. The molecule has 1 aromatic carbocycles. The number of rotatable bonds is 5. The first kappa shape index (κ1) is 14.0. The van der Waals surface area contributed by atoms with Crippen LogP contribution in [-0.2, 0) is 0 Å². The van der Waals surface area contributed by atoms with Crippen molar-refractivity contribution in [2.24, 2.45) is 0 Å². The summed E-state index contributed by atoms with van der Waals surface area (Å²) in [7, 11) is 3.95. The van der Waals surface area contributed by atoms with Gasteiger partial charge in [-0.3, -0.25) is 0 Å². The van der Waals surface area contributed by atoms with Gasteiger partial charge in [0.05, 0.1) is 18.2 Å². The van der Waals surface area contributed by atoms with Crippen LogP contribution in [0.5, 0.6) is 0 Å². The number of nitrogens with zero attached hydrogens (tertiary/aromatic N) is 2. The molecular formula is C13H18BrN3. The van der Waals surface area contributed by atoms with Gasteiger partial charge in [-0.2, -0.15) is 5.26 Å². The monoisotopic (exact) mass is 295 g/mol. The summed E-state index contributed by atoms with van der Waals surface area (Å²) < 4.78 is 1.07. The smallest absolute Gasteiger partial charge is 0.0640 e. The summed E-state index contributed by atoms with van der Waals surface area (Å²) >= 11 is 3.58. The highest BCUT2D eigenvalue weighted by molar-refractivity contribution is 9.10. The molecule has 0 bridgehead atoms. The molecule has 0 amide bonds. The van der Waals surface area contributed by atoms with Gasteiger partial charge >= 0.3 is 0 Å². The molecule has 1 atom stereocenters. The second-order valence-electron chi connectivity index (χ2n) is 4.05. The van der Waals surface area contributed by atoms with Crippen LogP contribution < -0.4 is 10.2 Å². The van der Waals surface area contributed by atoms with Gasteiger partial charge in [-0.05, 0) is 47.6 Å². The lowest BCUT2D eigenvalue weighted by atomic mass is 10.1. The van der Waals surface area contributed by atoms with Crippen molar-refractivity contribution in [2.45, 2.75) is 19.4 Å². The Balaban J connectivity index is 2.86. The van der Waals surface area contributed by atoms with Crippen molar-refractivity contribution in [3.63, 3.8) is 0 Å². The summed E-state index contributed by atoms with van der Waals surface area (Å²) in [5.74, 6) is 0. The molecule has 0 saturated carbocycles. The van der Waals surface area contributed by atoms with E-state index in [-0.39, 0.29) is 0 Å². The van der Waals surface area contributed by atoms with E-state index in [1.807, 2.05) is 14.1 Å². The normalized spacial score (nSPS) is 11.9. The predicted octanol–water partition coefficient (Wildman–Crippen LogP) is 3.08. The molecule has 0 aromatic heterocycles. The topological polar surface area (TPSA) is 39.1 Å². The fourth-order valence-electron chi connectivity index (χ4n) is 1.61. The van der Waals surface area contributed by atoms with Crippen molar-refractivity contribution in [1.29, 1.82) is 5.26 Å². The quantitative estimate of drug-likeness (QED) is 0.907. The molecule has 0 aliphatic heterocycles. The molecule has 0 fully saturated rings. The minimum Gasteiger partial charge on any atom is -0.373 e. The Morgan fingerprint density at radius 3 is 2.76 bits per heavy atom. The molecular weight excluding hydrogens is 278 g/mol. The highest BCUT2D eigenvalue weighted by atomic mass is 79.9. The Labute approximate surface area is 112 Å². The first-order valence-corrected chi connectivity index (χ1v) is 6.44. The van der Waals surface area contributed by atoms with Crippen molar-refractivity contribution in [2.75, 3.05) is 25.5 Å². The highest BCUT2D eigenvalue weighted by Crippen LogP contribution is 2.28. The molecule has 4 heteroatoms. The lowest BCUT2D eigenvalue weighted by Crippen LogP contribution is -2.19. The van der Waals surface area contributed by atoms with E-state index in [0.29, 0.717) is 12.5 Å². The molecule has 1 aromatic rings. The van der Waals surface area contributed by atoms with Gasteiger partial charge in [0.2, 0.25) is 0 Å². The molecule has 0 saturated heterocycles. The van der Waals surface area contributed by atoms with Crippen molar-refractivity contribution in [1.82, 2.24) is 5.32 Å². The molecule has 0 heterocycles. The molecule has 0 aliphatic carbocycles. The Morgan fingerprint density at radius 2 is 2.24 bits per heavy atom. The summed E-state index contributed by atoms with van der Waals surface area (Å²) in [6, 6.07) is 8.82. The fraction of sp³-hybridized carbons (Fsp3) is 0.462. The standard InChI is InChI=1S/C13H18BrN3/c1-10(16-2)11-5-6-13(12(14)9-11)17(3)8-4-7-15/h5-6,9-10,16H,4,8H2,1-3H3. The molecule has 0 aliphatic rings. The molecule has 1 unspecified atom stereocenters. The Kier molecular flexibility index (Phi) is 5.46. The summed E-state index contributed by atoms with van der Waals surface area (Å²) in [6.45, 7) is 2.87. The van der Waals surface area contributed by atoms with Gasteiger partial charge in [-0.25, -0.2) is 0 Å². The number of benzene rings is 1. The van der Waals surface area contributed by atoms with Crippen LogP contribution in [0.2, 0.25) is 0 Å². The summed E-state index contributed by atoms with van der Waals surface area (Å²) in [6.07, 6.45) is 0.539. The van der Waals surface area contributed by atoms with Gasteiger partial charge in [0.1, 0.15) is 0 Å². The molecule has 17 heavy (non-hydrogen) atoms. The van der Waals surface area contributed by atoms with E-state index in [2.05, 4.69) is 57.3 Å². The van der Waals surface area contributed by atoms with E-state index in [0.717, 1.165) is 16.7 Å². The number of hydrogen-bond acceptors (Lipinski definition) is 3. The number of nitriles is 1. The van der Waals surface area contributed by atoms with E-state index in [9.17, 15) is 0 Å².